The van der Waals surface area contributed by atoms with E-state index in [2.05, 4.69) is 15.5 Å². The lowest BCUT2D eigenvalue weighted by Crippen LogP contribution is -2.46. The fraction of sp³-hybridized carbons (Fsp3) is 0.478. The Labute approximate surface area is 244 Å². The van der Waals surface area contributed by atoms with Crippen molar-refractivity contribution in [3.63, 3.8) is 0 Å². The number of hydrogen-bond donors (Lipinski definition) is 6. The van der Waals surface area contributed by atoms with E-state index in [0.717, 1.165) is 0 Å². The number of carboxylic acid groups (broad SMARTS) is 2. The van der Waals surface area contributed by atoms with E-state index >= 15 is 0 Å². The van der Waals surface area contributed by atoms with Gasteiger partial charge in [-0.1, -0.05) is 0 Å². The second kappa shape index (κ2) is 15.4. The van der Waals surface area contributed by atoms with Crippen LogP contribution in [-0.4, -0.2) is 101 Å². The van der Waals surface area contributed by atoms with Crippen molar-refractivity contribution in [3.05, 3.63) is 39.9 Å². The molecule has 7 N–H and O–H groups in total. The van der Waals surface area contributed by atoms with Crippen LogP contribution in [0.5, 0.6) is 0 Å². The van der Waals surface area contributed by atoms with E-state index in [-0.39, 0.29) is 31.9 Å². The summed E-state index contributed by atoms with van der Waals surface area (Å²) in [4.78, 5) is 72.3. The number of benzene rings is 1. The largest absolute Gasteiger partial charge is 0.490 e. The number of nitrogens with one attached hydrogen (secondary N) is 3. The SMILES string of the molecule is N=C(N)c1ccc(NC(=O)CCC(=O)NC(CC(=O)O)C(=O)O[C@@H]2CO[C@@H]3[C@H]2OC[C@H]3O[N+](=O)[O-])cc1.O=C(O)C(F)(F)F. The third-order valence-corrected chi connectivity index (χ3v) is 5.75. The molecular formula is C23H26F3N5O13. The Balaban J connectivity index is 0.000000860. The lowest BCUT2D eigenvalue weighted by Gasteiger charge is -2.21. The van der Waals surface area contributed by atoms with Gasteiger partial charge in [0, 0.05) is 24.1 Å². The number of esters is 1. The number of ether oxygens (including phenoxy) is 3. The number of rotatable bonds is 12. The highest BCUT2D eigenvalue weighted by Gasteiger charge is 2.51. The molecule has 1 aromatic carbocycles. The lowest BCUT2D eigenvalue weighted by atomic mass is 10.1. The quantitative estimate of drug-likeness (QED) is 0.0558. The standard InChI is InChI=1S/C21H25N5O11.C2HF3O2/c22-20(23)10-1-3-11(4-2-10)24-15(27)5-6-16(28)25-12(7-17(29)30)21(31)36-13-8-34-19-14(37-26(32)33)9-35-18(13)19;3-2(4,5)1(6)7/h1-4,12-14,18-19H,5-9H2,(H3,22,23)(H,24,27)(H,25,28)(H,29,30);(H,6,7)/t12?,13-,14-,18+,19+;/m1./s1. The van der Waals surface area contributed by atoms with Gasteiger partial charge in [-0.2, -0.15) is 13.2 Å². The van der Waals surface area contributed by atoms with E-state index in [1.165, 1.54) is 24.3 Å². The minimum atomic E-state index is -5.08. The monoisotopic (exact) mass is 637 g/mol. The van der Waals surface area contributed by atoms with Crippen LogP contribution in [0, 0.1) is 15.5 Å². The van der Waals surface area contributed by atoms with Gasteiger partial charge < -0.3 is 45.6 Å². The number of fused-ring (bicyclic) bond motifs is 1. The Morgan fingerprint density at radius 1 is 1.05 bits per heavy atom. The molecule has 2 amide bonds. The van der Waals surface area contributed by atoms with Crippen molar-refractivity contribution in [1.82, 2.24) is 5.32 Å². The summed E-state index contributed by atoms with van der Waals surface area (Å²) >= 11 is 0. The molecule has 0 saturated carbocycles. The molecule has 2 aliphatic rings. The van der Waals surface area contributed by atoms with E-state index < -0.39 is 77.9 Å². The molecule has 44 heavy (non-hydrogen) atoms. The van der Waals surface area contributed by atoms with Gasteiger partial charge in [-0.3, -0.25) is 19.8 Å². The number of halogens is 3. The van der Waals surface area contributed by atoms with Gasteiger partial charge in [0.2, 0.25) is 11.8 Å². The Hall–Kier alpha value is -5.05. The highest BCUT2D eigenvalue weighted by molar-refractivity contribution is 5.97. The minimum Gasteiger partial charge on any atom is -0.481 e. The number of carbonyl (C=O) groups is 5. The van der Waals surface area contributed by atoms with Gasteiger partial charge in [-0.05, 0) is 24.3 Å². The molecular weight excluding hydrogens is 611 g/mol. The highest BCUT2D eigenvalue weighted by atomic mass is 19.4. The maximum Gasteiger partial charge on any atom is 0.490 e. The van der Waals surface area contributed by atoms with Crippen LogP contribution in [0.2, 0.25) is 0 Å². The number of aliphatic carboxylic acids is 2. The fourth-order valence-corrected chi connectivity index (χ4v) is 3.78. The normalized spacial score (nSPS) is 21.0. The minimum absolute atomic E-state index is 0.131. The van der Waals surface area contributed by atoms with Gasteiger partial charge in [0.15, 0.2) is 12.2 Å². The number of amidine groups is 1. The second-order valence-corrected chi connectivity index (χ2v) is 9.00. The average molecular weight is 637 g/mol. The predicted octanol–water partition coefficient (Wildman–Crippen LogP) is -0.432. The van der Waals surface area contributed by atoms with Crippen LogP contribution in [0.4, 0.5) is 18.9 Å². The number of anilines is 1. The van der Waals surface area contributed by atoms with Gasteiger partial charge in [-0.15, -0.1) is 10.1 Å². The third-order valence-electron chi connectivity index (χ3n) is 5.75. The summed E-state index contributed by atoms with van der Waals surface area (Å²) in [6.07, 6.45) is -10.2. The number of nitrogens with two attached hydrogens (primary N) is 1. The molecule has 2 saturated heterocycles. The van der Waals surface area contributed by atoms with Crippen molar-refractivity contribution < 1.29 is 71.5 Å². The Bertz CT molecular complexity index is 1260. The van der Waals surface area contributed by atoms with Crippen molar-refractivity contribution in [1.29, 1.82) is 5.41 Å². The third kappa shape index (κ3) is 11.0. The molecule has 1 unspecified atom stereocenters. The number of nitrogens with zero attached hydrogens (tertiary/aromatic N) is 1. The fourth-order valence-electron chi connectivity index (χ4n) is 3.78. The molecule has 0 aromatic heterocycles. The number of carbonyl (C=O) groups excluding carboxylic acids is 3. The number of hydrogen-bond acceptors (Lipinski definition) is 12. The molecule has 21 heteroatoms. The van der Waals surface area contributed by atoms with Crippen LogP contribution in [0.15, 0.2) is 24.3 Å². The molecule has 2 heterocycles. The highest BCUT2D eigenvalue weighted by Crippen LogP contribution is 2.30. The topological polar surface area (TPSA) is 280 Å². The van der Waals surface area contributed by atoms with Gasteiger partial charge in [-0.25, -0.2) is 9.59 Å². The number of amides is 2. The number of alkyl halides is 3. The van der Waals surface area contributed by atoms with Crippen LogP contribution in [0.1, 0.15) is 24.8 Å². The molecule has 0 spiro atoms. The Morgan fingerprint density at radius 2 is 1.57 bits per heavy atom. The zero-order chi connectivity index (χ0) is 33.2. The van der Waals surface area contributed by atoms with Crippen molar-refractivity contribution >= 4 is 41.2 Å². The summed E-state index contributed by atoms with van der Waals surface area (Å²) in [5, 5.41) is 38.0. The zero-order valence-corrected chi connectivity index (χ0v) is 22.3. The van der Waals surface area contributed by atoms with Gasteiger partial charge in [0.05, 0.1) is 19.6 Å². The molecule has 3 rings (SSSR count). The van der Waals surface area contributed by atoms with Crippen molar-refractivity contribution in [2.45, 2.75) is 55.9 Å². The molecule has 2 fully saturated rings. The summed E-state index contributed by atoms with van der Waals surface area (Å²) in [7, 11) is 0. The Morgan fingerprint density at radius 3 is 2.07 bits per heavy atom. The molecule has 0 bridgehead atoms. The van der Waals surface area contributed by atoms with Crippen LogP contribution in [-0.2, 0) is 43.0 Å². The Kier molecular flexibility index (Phi) is 12.3. The van der Waals surface area contributed by atoms with E-state index in [0.29, 0.717) is 11.3 Å². The second-order valence-electron chi connectivity index (χ2n) is 9.00. The van der Waals surface area contributed by atoms with Gasteiger partial charge in [0.1, 0.15) is 24.1 Å². The molecule has 0 radical (unpaired) electrons. The van der Waals surface area contributed by atoms with Crippen LogP contribution in [0.25, 0.3) is 0 Å². The van der Waals surface area contributed by atoms with Crippen LogP contribution in [0.3, 0.4) is 0 Å². The first-order chi connectivity index (χ1) is 20.5. The molecule has 18 nitrogen and oxygen atoms in total. The summed E-state index contributed by atoms with van der Waals surface area (Å²) in [6, 6.07) is 4.58. The summed E-state index contributed by atoms with van der Waals surface area (Å²) in [5.74, 6) is -6.61. The first kappa shape index (κ1) is 35.1. The zero-order valence-electron chi connectivity index (χ0n) is 22.3. The summed E-state index contributed by atoms with van der Waals surface area (Å²) in [5.41, 5.74) is 6.26. The lowest BCUT2D eigenvalue weighted by molar-refractivity contribution is -0.769. The maximum atomic E-state index is 12.6. The smallest absolute Gasteiger partial charge is 0.481 e. The molecule has 1 aromatic rings. The van der Waals surface area contributed by atoms with Crippen molar-refractivity contribution in [2.75, 3.05) is 18.5 Å². The van der Waals surface area contributed by atoms with Gasteiger partial charge in [0.25, 0.3) is 5.09 Å². The average Bonchev–Trinajstić information content (AvgIpc) is 3.49. The van der Waals surface area contributed by atoms with Crippen molar-refractivity contribution in [3.8, 4) is 0 Å². The van der Waals surface area contributed by atoms with E-state index in [1.54, 1.807) is 0 Å². The van der Waals surface area contributed by atoms with Gasteiger partial charge >= 0.3 is 24.1 Å². The van der Waals surface area contributed by atoms with Crippen molar-refractivity contribution in [2.24, 2.45) is 5.73 Å². The van der Waals surface area contributed by atoms with Crippen LogP contribution >= 0.6 is 0 Å². The first-order valence-corrected chi connectivity index (χ1v) is 12.3. The van der Waals surface area contributed by atoms with E-state index in [4.69, 9.17) is 40.4 Å². The molecule has 2 aliphatic heterocycles. The molecule has 242 valence electrons. The number of nitrogen functional groups attached to an aromatic ring is 1. The molecule has 5 atom stereocenters. The summed E-state index contributed by atoms with van der Waals surface area (Å²) < 4.78 is 47.8. The molecule has 0 aliphatic carbocycles. The maximum absolute atomic E-state index is 12.6. The van der Waals surface area contributed by atoms with E-state index in [1.807, 2.05) is 0 Å². The van der Waals surface area contributed by atoms with Crippen LogP contribution < -0.4 is 16.4 Å². The first-order valence-electron chi connectivity index (χ1n) is 12.3. The van der Waals surface area contributed by atoms with E-state index in [9.17, 15) is 42.5 Å². The predicted molar refractivity (Wildman–Crippen MR) is 134 cm³/mol. The number of carboxylic acids is 2. The summed E-state index contributed by atoms with van der Waals surface area (Å²) in [6.45, 7) is -0.331.